The van der Waals surface area contributed by atoms with E-state index >= 15 is 0 Å². The van der Waals surface area contributed by atoms with Crippen LogP contribution in [0, 0.1) is 0 Å². The second-order valence-corrected chi connectivity index (χ2v) is 6.03. The van der Waals surface area contributed by atoms with Crippen LogP contribution in [0.2, 0.25) is 5.02 Å². The summed E-state index contributed by atoms with van der Waals surface area (Å²) in [6, 6.07) is 20.3. The molecular formula is C20H18ClNO3. The lowest BCUT2D eigenvalue weighted by Crippen LogP contribution is -2.25. The van der Waals surface area contributed by atoms with Crippen molar-refractivity contribution in [1.82, 2.24) is 4.90 Å². The van der Waals surface area contributed by atoms with E-state index < -0.39 is 0 Å². The maximum Gasteiger partial charge on any atom is 0.289 e. The average molecular weight is 356 g/mol. The molecule has 0 aliphatic rings. The molecule has 0 saturated carbocycles. The van der Waals surface area contributed by atoms with Gasteiger partial charge in [-0.25, -0.2) is 0 Å². The van der Waals surface area contributed by atoms with Gasteiger partial charge in [-0.2, -0.15) is 0 Å². The van der Waals surface area contributed by atoms with Crippen molar-refractivity contribution in [3.8, 4) is 5.75 Å². The minimum absolute atomic E-state index is 0.203. The Labute approximate surface area is 151 Å². The Balaban J connectivity index is 1.61. The van der Waals surface area contributed by atoms with Crippen LogP contribution in [0.5, 0.6) is 5.75 Å². The molecule has 0 unspecified atom stereocenters. The number of carbonyl (C=O) groups excluding carboxylic acids is 1. The Morgan fingerprint density at radius 1 is 1.04 bits per heavy atom. The van der Waals surface area contributed by atoms with E-state index in [9.17, 15) is 4.79 Å². The van der Waals surface area contributed by atoms with Crippen molar-refractivity contribution in [2.24, 2.45) is 0 Å². The van der Waals surface area contributed by atoms with Crippen molar-refractivity contribution in [3.05, 3.63) is 88.8 Å². The van der Waals surface area contributed by atoms with Gasteiger partial charge in [0, 0.05) is 18.6 Å². The van der Waals surface area contributed by atoms with E-state index in [1.807, 2.05) is 48.5 Å². The Bertz CT molecular complexity index is 845. The SMILES string of the molecule is CN(Cc1ccccc1Cl)C(=O)c1ccc(COc2ccccc2)o1. The van der Waals surface area contributed by atoms with Crippen molar-refractivity contribution in [2.45, 2.75) is 13.2 Å². The standard InChI is InChI=1S/C20H18ClNO3/c1-22(13-15-7-5-6-10-18(15)21)20(23)19-12-11-17(25-19)14-24-16-8-3-2-4-9-16/h2-12H,13-14H2,1H3. The molecule has 3 aromatic rings. The number of hydrogen-bond donors (Lipinski definition) is 0. The molecule has 3 rings (SSSR count). The molecule has 0 bridgehead atoms. The van der Waals surface area contributed by atoms with Gasteiger partial charge in [-0.3, -0.25) is 4.79 Å². The number of ether oxygens (including phenoxy) is 1. The van der Waals surface area contributed by atoms with Crippen molar-refractivity contribution in [2.75, 3.05) is 7.05 Å². The van der Waals surface area contributed by atoms with E-state index in [0.29, 0.717) is 17.3 Å². The molecule has 0 fully saturated rings. The molecule has 4 nitrogen and oxygen atoms in total. The second kappa shape index (κ2) is 7.90. The van der Waals surface area contributed by atoms with Gasteiger partial charge in [-0.05, 0) is 35.9 Å². The highest BCUT2D eigenvalue weighted by atomic mass is 35.5. The van der Waals surface area contributed by atoms with E-state index in [2.05, 4.69) is 0 Å². The molecule has 0 N–H and O–H groups in total. The van der Waals surface area contributed by atoms with Crippen LogP contribution >= 0.6 is 11.6 Å². The van der Waals surface area contributed by atoms with E-state index in [4.69, 9.17) is 20.8 Å². The Kier molecular flexibility index (Phi) is 5.41. The highest BCUT2D eigenvalue weighted by Gasteiger charge is 2.17. The summed E-state index contributed by atoms with van der Waals surface area (Å²) in [5.74, 6) is 1.42. The molecule has 2 aromatic carbocycles. The molecule has 128 valence electrons. The summed E-state index contributed by atoms with van der Waals surface area (Å²) in [6.45, 7) is 0.681. The summed E-state index contributed by atoms with van der Waals surface area (Å²) >= 11 is 6.14. The maximum absolute atomic E-state index is 12.5. The lowest BCUT2D eigenvalue weighted by atomic mass is 10.2. The van der Waals surface area contributed by atoms with Gasteiger partial charge in [-0.1, -0.05) is 48.0 Å². The minimum Gasteiger partial charge on any atom is -0.486 e. The van der Waals surface area contributed by atoms with Gasteiger partial charge in [0.25, 0.3) is 5.91 Å². The topological polar surface area (TPSA) is 42.7 Å². The molecule has 5 heteroatoms. The summed E-state index contributed by atoms with van der Waals surface area (Å²) in [6.07, 6.45) is 0. The third-order valence-electron chi connectivity index (χ3n) is 3.71. The summed E-state index contributed by atoms with van der Waals surface area (Å²) in [5, 5.41) is 0.638. The quantitative estimate of drug-likeness (QED) is 0.638. The predicted molar refractivity (Wildman–Crippen MR) is 96.7 cm³/mol. The number of rotatable bonds is 6. The second-order valence-electron chi connectivity index (χ2n) is 5.62. The fraction of sp³-hybridized carbons (Fsp3) is 0.150. The first kappa shape index (κ1) is 17.1. The number of carbonyl (C=O) groups is 1. The van der Waals surface area contributed by atoms with Crippen LogP contribution in [0.25, 0.3) is 0 Å². The third kappa shape index (κ3) is 4.43. The van der Waals surface area contributed by atoms with Crippen LogP contribution in [0.4, 0.5) is 0 Å². The van der Waals surface area contributed by atoms with Gasteiger partial charge in [0.2, 0.25) is 0 Å². The zero-order valence-corrected chi connectivity index (χ0v) is 14.6. The van der Waals surface area contributed by atoms with E-state index in [1.165, 1.54) is 0 Å². The highest BCUT2D eigenvalue weighted by Crippen LogP contribution is 2.19. The molecule has 0 aliphatic heterocycles. The molecule has 0 atom stereocenters. The van der Waals surface area contributed by atoms with Gasteiger partial charge in [0.05, 0.1) is 0 Å². The molecule has 0 saturated heterocycles. The van der Waals surface area contributed by atoms with Crippen LogP contribution in [0.1, 0.15) is 21.9 Å². The van der Waals surface area contributed by atoms with Gasteiger partial charge >= 0.3 is 0 Å². The lowest BCUT2D eigenvalue weighted by Gasteiger charge is -2.16. The fourth-order valence-corrected chi connectivity index (χ4v) is 2.58. The van der Waals surface area contributed by atoms with Crippen LogP contribution < -0.4 is 4.74 Å². The number of nitrogens with zero attached hydrogens (tertiary/aromatic N) is 1. The minimum atomic E-state index is -0.203. The van der Waals surface area contributed by atoms with Gasteiger partial charge < -0.3 is 14.1 Å². The number of benzene rings is 2. The van der Waals surface area contributed by atoms with E-state index in [0.717, 1.165) is 11.3 Å². The van der Waals surface area contributed by atoms with Crippen LogP contribution in [-0.2, 0) is 13.2 Å². The lowest BCUT2D eigenvalue weighted by molar-refractivity contribution is 0.0749. The largest absolute Gasteiger partial charge is 0.486 e. The first-order chi connectivity index (χ1) is 12.1. The highest BCUT2D eigenvalue weighted by molar-refractivity contribution is 6.31. The molecule has 1 heterocycles. The Morgan fingerprint density at radius 3 is 2.52 bits per heavy atom. The first-order valence-electron chi connectivity index (χ1n) is 7.89. The monoisotopic (exact) mass is 355 g/mol. The summed E-state index contributed by atoms with van der Waals surface area (Å²) in [5.41, 5.74) is 0.888. The normalized spacial score (nSPS) is 10.5. The molecule has 0 spiro atoms. The van der Waals surface area contributed by atoms with Gasteiger partial charge in [0.1, 0.15) is 18.1 Å². The Morgan fingerprint density at radius 2 is 1.76 bits per heavy atom. The molecule has 1 amide bonds. The smallest absolute Gasteiger partial charge is 0.289 e. The number of amides is 1. The predicted octanol–water partition coefficient (Wildman–Crippen LogP) is 4.78. The molecule has 1 aromatic heterocycles. The molecule has 0 aliphatic carbocycles. The Hall–Kier alpha value is -2.72. The van der Waals surface area contributed by atoms with Crippen molar-refractivity contribution in [3.63, 3.8) is 0 Å². The van der Waals surface area contributed by atoms with Crippen molar-refractivity contribution < 1.29 is 13.9 Å². The zero-order valence-electron chi connectivity index (χ0n) is 13.8. The number of para-hydroxylation sites is 1. The zero-order chi connectivity index (χ0) is 17.6. The third-order valence-corrected chi connectivity index (χ3v) is 4.08. The fourth-order valence-electron chi connectivity index (χ4n) is 2.38. The summed E-state index contributed by atoms with van der Waals surface area (Å²) in [7, 11) is 1.72. The number of halogens is 1. The number of furan rings is 1. The molecule has 0 radical (unpaired) electrons. The van der Waals surface area contributed by atoms with E-state index in [-0.39, 0.29) is 18.3 Å². The average Bonchev–Trinajstić information content (AvgIpc) is 3.11. The summed E-state index contributed by atoms with van der Waals surface area (Å²) in [4.78, 5) is 14.1. The van der Waals surface area contributed by atoms with Crippen molar-refractivity contribution in [1.29, 1.82) is 0 Å². The van der Waals surface area contributed by atoms with Gasteiger partial charge in [0.15, 0.2) is 5.76 Å². The maximum atomic E-state index is 12.5. The van der Waals surface area contributed by atoms with Gasteiger partial charge in [-0.15, -0.1) is 0 Å². The van der Waals surface area contributed by atoms with Crippen LogP contribution in [0.15, 0.2) is 71.1 Å². The molecule has 25 heavy (non-hydrogen) atoms. The number of hydrogen-bond acceptors (Lipinski definition) is 3. The van der Waals surface area contributed by atoms with Crippen LogP contribution in [-0.4, -0.2) is 17.9 Å². The summed E-state index contributed by atoms with van der Waals surface area (Å²) < 4.78 is 11.2. The van der Waals surface area contributed by atoms with E-state index in [1.54, 1.807) is 30.1 Å². The van der Waals surface area contributed by atoms with Crippen molar-refractivity contribution >= 4 is 17.5 Å². The molecular weight excluding hydrogens is 338 g/mol. The van der Waals surface area contributed by atoms with Crippen LogP contribution in [0.3, 0.4) is 0 Å². The first-order valence-corrected chi connectivity index (χ1v) is 8.26.